The second-order valence-corrected chi connectivity index (χ2v) is 12.4. The lowest BCUT2D eigenvalue weighted by molar-refractivity contribution is -0.203. The van der Waals surface area contributed by atoms with E-state index in [1.54, 1.807) is 0 Å². The van der Waals surface area contributed by atoms with E-state index in [1.165, 1.54) is 19.3 Å². The molecule has 0 bridgehead atoms. The summed E-state index contributed by atoms with van der Waals surface area (Å²) in [6.07, 6.45) is 8.61. The van der Waals surface area contributed by atoms with Crippen LogP contribution in [0.25, 0.3) is 0 Å². The molecule has 0 aromatic rings. The first-order valence-corrected chi connectivity index (χ1v) is 13.4. The maximum Gasteiger partial charge on any atom is 0.220 e. The Hall–Kier alpha value is -0.650. The summed E-state index contributed by atoms with van der Waals surface area (Å²) in [7, 11) is 0. The maximum absolute atomic E-state index is 12.3. The first-order valence-electron chi connectivity index (χ1n) is 13.4. The van der Waals surface area contributed by atoms with Crippen molar-refractivity contribution in [3.63, 3.8) is 0 Å². The van der Waals surface area contributed by atoms with Gasteiger partial charge in [-0.3, -0.25) is 4.79 Å². The molecule has 4 rings (SSSR count). The second kappa shape index (κ2) is 9.19. The molecule has 4 aliphatic carbocycles. The number of hydrogen-bond acceptors (Lipinski definition) is 4. The number of carbonyl (C=O) groups is 1. The molecule has 11 atom stereocenters. The molecule has 4 saturated carbocycles. The van der Waals surface area contributed by atoms with Gasteiger partial charge in [0.15, 0.2) is 0 Å². The Bertz CT molecular complexity index is 685. The Morgan fingerprint density at radius 3 is 2.41 bits per heavy atom. The van der Waals surface area contributed by atoms with E-state index in [0.717, 1.165) is 32.1 Å². The number of fused-ring (bicyclic) bond motifs is 5. The van der Waals surface area contributed by atoms with E-state index in [4.69, 9.17) is 5.11 Å². The molecule has 32 heavy (non-hydrogen) atoms. The number of rotatable bonds is 6. The van der Waals surface area contributed by atoms with Crippen LogP contribution in [0.2, 0.25) is 0 Å². The Labute approximate surface area is 194 Å². The van der Waals surface area contributed by atoms with E-state index in [2.05, 4.69) is 33.0 Å². The molecular weight excluding hydrogens is 402 g/mol. The highest BCUT2D eigenvalue weighted by Crippen LogP contribution is 2.69. The Morgan fingerprint density at radius 2 is 1.72 bits per heavy atom. The van der Waals surface area contributed by atoms with Crippen molar-refractivity contribution in [2.24, 2.45) is 52.3 Å². The van der Waals surface area contributed by atoms with Crippen molar-refractivity contribution in [1.29, 1.82) is 0 Å². The first kappa shape index (κ1) is 24.5. The predicted molar refractivity (Wildman–Crippen MR) is 126 cm³/mol. The third kappa shape index (κ3) is 3.84. The molecule has 0 saturated heterocycles. The Balaban J connectivity index is 1.56. The molecule has 4 fully saturated rings. The Morgan fingerprint density at radius 1 is 1.03 bits per heavy atom. The minimum atomic E-state index is -0.264. The average molecular weight is 450 g/mol. The summed E-state index contributed by atoms with van der Waals surface area (Å²) in [5.74, 6) is 3.04. The van der Waals surface area contributed by atoms with Crippen LogP contribution in [0, 0.1) is 52.3 Å². The van der Waals surface area contributed by atoms with Crippen LogP contribution in [0.3, 0.4) is 0 Å². The van der Waals surface area contributed by atoms with E-state index < -0.39 is 0 Å². The van der Waals surface area contributed by atoms with Gasteiger partial charge in [-0.05, 0) is 97.2 Å². The smallest absolute Gasteiger partial charge is 0.220 e. The van der Waals surface area contributed by atoms with Gasteiger partial charge in [0.2, 0.25) is 5.91 Å². The van der Waals surface area contributed by atoms with E-state index in [1.807, 2.05) is 0 Å². The fourth-order valence-corrected chi connectivity index (χ4v) is 9.63. The fourth-order valence-electron chi connectivity index (χ4n) is 9.63. The van der Waals surface area contributed by atoms with Crippen LogP contribution in [-0.4, -0.2) is 46.6 Å². The summed E-state index contributed by atoms with van der Waals surface area (Å²) in [5, 5.41) is 34.0. The van der Waals surface area contributed by atoms with E-state index in [9.17, 15) is 15.0 Å². The number of aliphatic hydroxyl groups excluding tert-OH is 3. The van der Waals surface area contributed by atoms with Gasteiger partial charge in [0.25, 0.3) is 0 Å². The minimum absolute atomic E-state index is 0.0142. The van der Waals surface area contributed by atoms with Gasteiger partial charge in [0.05, 0.1) is 18.8 Å². The van der Waals surface area contributed by atoms with Crippen LogP contribution in [0.15, 0.2) is 0 Å². The molecule has 4 N–H and O–H groups in total. The number of hydrogen-bond donors (Lipinski definition) is 4. The van der Waals surface area contributed by atoms with Gasteiger partial charge in [-0.15, -0.1) is 0 Å². The molecule has 1 amide bonds. The summed E-state index contributed by atoms with van der Waals surface area (Å²) in [5.41, 5.74) is 0.424. The maximum atomic E-state index is 12.3. The van der Waals surface area contributed by atoms with Gasteiger partial charge in [0, 0.05) is 13.0 Å². The van der Waals surface area contributed by atoms with Gasteiger partial charge >= 0.3 is 0 Å². The zero-order chi connectivity index (χ0) is 23.3. The molecule has 5 nitrogen and oxygen atoms in total. The zero-order valence-corrected chi connectivity index (χ0v) is 20.7. The van der Waals surface area contributed by atoms with E-state index in [-0.39, 0.29) is 35.6 Å². The van der Waals surface area contributed by atoms with Gasteiger partial charge in [0.1, 0.15) is 0 Å². The number of aliphatic hydroxyl groups is 3. The van der Waals surface area contributed by atoms with Crippen molar-refractivity contribution >= 4 is 5.91 Å². The van der Waals surface area contributed by atoms with Crippen molar-refractivity contribution in [3.05, 3.63) is 0 Å². The highest BCUT2D eigenvalue weighted by Gasteiger charge is 2.64. The standard InChI is InChI=1S/C27H47NO4/c1-5-18-22-15-17(30)8-10-27(22,4)21-9-11-26(3)19(6-7-20(26)24(21)25(18)32)16(2)14-23(31)28-12-13-29/h16-22,24-25,29-30,32H,5-15H2,1-4H3,(H,28,31)/t16-,17-,18-,19?,20?,21?,22+,24?,25-,26-,27-/m1/s1. The van der Waals surface area contributed by atoms with Crippen molar-refractivity contribution < 1.29 is 20.1 Å². The molecule has 0 aromatic heterocycles. The van der Waals surface area contributed by atoms with Gasteiger partial charge in [-0.25, -0.2) is 0 Å². The van der Waals surface area contributed by atoms with Crippen molar-refractivity contribution in [2.45, 2.75) is 97.7 Å². The fraction of sp³-hybridized carbons (Fsp3) is 0.963. The van der Waals surface area contributed by atoms with Crippen LogP contribution >= 0.6 is 0 Å². The van der Waals surface area contributed by atoms with Crippen LogP contribution in [0.1, 0.15) is 85.5 Å². The van der Waals surface area contributed by atoms with Crippen LogP contribution in [0.4, 0.5) is 0 Å². The highest BCUT2D eigenvalue weighted by molar-refractivity contribution is 5.76. The van der Waals surface area contributed by atoms with Gasteiger partial charge in [-0.1, -0.05) is 34.1 Å². The highest BCUT2D eigenvalue weighted by atomic mass is 16.3. The number of amides is 1. The lowest BCUT2D eigenvalue weighted by atomic mass is 9.41. The Kier molecular flexibility index (Phi) is 7.03. The van der Waals surface area contributed by atoms with E-state index in [0.29, 0.717) is 54.4 Å². The zero-order valence-electron chi connectivity index (χ0n) is 20.7. The third-order valence-electron chi connectivity index (χ3n) is 11.1. The lowest BCUT2D eigenvalue weighted by Gasteiger charge is -2.64. The van der Waals surface area contributed by atoms with Crippen LogP contribution < -0.4 is 5.32 Å². The molecule has 0 aliphatic heterocycles. The largest absolute Gasteiger partial charge is 0.395 e. The molecule has 4 unspecified atom stereocenters. The summed E-state index contributed by atoms with van der Waals surface area (Å²) < 4.78 is 0. The molecule has 0 spiro atoms. The number of carbonyl (C=O) groups excluding carboxylic acids is 1. The summed E-state index contributed by atoms with van der Waals surface area (Å²) >= 11 is 0. The molecule has 4 aliphatic rings. The van der Waals surface area contributed by atoms with Crippen molar-refractivity contribution in [2.75, 3.05) is 13.2 Å². The number of nitrogens with one attached hydrogen (secondary N) is 1. The van der Waals surface area contributed by atoms with Crippen LogP contribution in [0.5, 0.6) is 0 Å². The topological polar surface area (TPSA) is 89.8 Å². The monoisotopic (exact) mass is 449 g/mol. The van der Waals surface area contributed by atoms with Crippen molar-refractivity contribution in [1.82, 2.24) is 5.32 Å². The summed E-state index contributed by atoms with van der Waals surface area (Å²) in [4.78, 5) is 12.3. The summed E-state index contributed by atoms with van der Waals surface area (Å²) in [6, 6.07) is 0. The molecule has 5 heteroatoms. The first-order chi connectivity index (χ1) is 15.2. The second-order valence-electron chi connectivity index (χ2n) is 12.4. The quantitative estimate of drug-likeness (QED) is 0.497. The van der Waals surface area contributed by atoms with Gasteiger partial charge in [-0.2, -0.15) is 0 Å². The minimum Gasteiger partial charge on any atom is -0.395 e. The predicted octanol–water partition coefficient (Wildman–Crippen LogP) is 3.75. The SMILES string of the molecule is CC[C@H]1[C@@H](O)C2C3CCC([C@H](C)CC(=O)NCCO)[C@@]3(C)CCC2[C@@]2(C)CC[C@@H](O)C[C@@H]12. The third-order valence-corrected chi connectivity index (χ3v) is 11.1. The molecule has 0 radical (unpaired) electrons. The van der Waals surface area contributed by atoms with Crippen molar-refractivity contribution in [3.8, 4) is 0 Å². The summed E-state index contributed by atoms with van der Waals surface area (Å²) in [6.45, 7) is 9.72. The van der Waals surface area contributed by atoms with Gasteiger partial charge < -0.3 is 20.6 Å². The molecular formula is C27H47NO4. The van der Waals surface area contributed by atoms with E-state index >= 15 is 0 Å². The lowest BCUT2D eigenvalue weighted by Crippen LogP contribution is -2.62. The molecule has 184 valence electrons. The normalized spacial score (nSPS) is 49.0. The molecule has 0 heterocycles. The van der Waals surface area contributed by atoms with Crippen LogP contribution in [-0.2, 0) is 4.79 Å². The average Bonchev–Trinajstić information content (AvgIpc) is 3.11. The molecule has 0 aromatic carbocycles.